The van der Waals surface area contributed by atoms with Gasteiger partial charge in [-0.1, -0.05) is 18.6 Å². The molecule has 6 heteroatoms. The highest BCUT2D eigenvalue weighted by molar-refractivity contribution is 5.71. The van der Waals surface area contributed by atoms with Crippen LogP contribution in [0.4, 0.5) is 10.5 Å². The van der Waals surface area contributed by atoms with Crippen molar-refractivity contribution in [2.24, 2.45) is 11.1 Å². The predicted molar refractivity (Wildman–Crippen MR) is 96.2 cm³/mol. The zero-order chi connectivity index (χ0) is 18.2. The number of carbonyl (C=O) groups is 1. The van der Waals surface area contributed by atoms with Crippen LogP contribution in [0.25, 0.3) is 0 Å². The maximum atomic E-state index is 12.3. The van der Waals surface area contributed by atoms with E-state index in [1.807, 2.05) is 45.9 Å². The van der Waals surface area contributed by atoms with E-state index in [0.29, 0.717) is 11.6 Å². The molecule has 0 spiro atoms. The number of nitroso groups, excluding NO2 is 1. The number of nitrogens with one attached hydrogen (secondary N) is 1. The average Bonchev–Trinajstić information content (AvgIpc) is 2.49. The van der Waals surface area contributed by atoms with E-state index in [-0.39, 0.29) is 5.92 Å². The smallest absolute Gasteiger partial charge is 0.433 e. The predicted octanol–water partition coefficient (Wildman–Crippen LogP) is 5.24. The second-order valence-corrected chi connectivity index (χ2v) is 7.78. The molecule has 1 aromatic carbocycles. The second-order valence-electron chi connectivity index (χ2n) is 7.78. The molecular formula is C19H25N3O3. The van der Waals surface area contributed by atoms with Gasteiger partial charge in [-0.2, -0.15) is 4.68 Å². The first kappa shape index (κ1) is 17.5. The maximum absolute atomic E-state index is 12.3. The van der Waals surface area contributed by atoms with Crippen molar-refractivity contribution in [2.75, 3.05) is 0 Å². The molecular weight excluding hydrogens is 318 g/mol. The molecule has 3 rings (SSSR count). The van der Waals surface area contributed by atoms with Gasteiger partial charge in [0.05, 0.1) is 11.4 Å². The van der Waals surface area contributed by atoms with Crippen LogP contribution in [-0.2, 0) is 4.74 Å². The molecule has 1 N–H and O–H groups in total. The molecule has 1 saturated carbocycles. The van der Waals surface area contributed by atoms with Gasteiger partial charge in [-0.3, -0.25) is 5.10 Å². The van der Waals surface area contributed by atoms with E-state index in [2.05, 4.69) is 10.3 Å². The van der Waals surface area contributed by atoms with Crippen molar-refractivity contribution in [1.29, 1.82) is 0 Å². The molecule has 0 bridgehead atoms. The topological polar surface area (TPSA) is 76.5 Å². The summed E-state index contributed by atoms with van der Waals surface area (Å²) in [6.07, 6.45) is 3.11. The van der Waals surface area contributed by atoms with Crippen LogP contribution in [0.2, 0.25) is 0 Å². The van der Waals surface area contributed by atoms with Crippen LogP contribution in [0.15, 0.2) is 29.4 Å². The molecule has 25 heavy (non-hydrogen) atoms. The standard InChI is InChI=1S/C19H25N3O3/c1-12-17(20-22(12)18(23)25-19(2,3)4)16(13-7-5-8-13)14-9-6-10-15(11-14)21-24/h6,9-11,13,16,20H,5,7-8H2,1-4H3. The molecule has 0 aliphatic heterocycles. The number of nitrogens with zero attached hydrogens (tertiary/aromatic N) is 2. The molecule has 6 nitrogen and oxygen atoms in total. The highest BCUT2D eigenvalue weighted by atomic mass is 16.6. The van der Waals surface area contributed by atoms with Crippen molar-refractivity contribution in [3.63, 3.8) is 0 Å². The number of ether oxygens (including phenoxy) is 1. The van der Waals surface area contributed by atoms with E-state index in [1.54, 1.807) is 6.07 Å². The fourth-order valence-corrected chi connectivity index (χ4v) is 3.36. The molecule has 1 aliphatic carbocycles. The summed E-state index contributed by atoms with van der Waals surface area (Å²) < 4.78 is 6.87. The molecule has 2 aromatic rings. The second kappa shape index (κ2) is 6.50. The van der Waals surface area contributed by atoms with Gasteiger partial charge >= 0.3 is 6.09 Å². The van der Waals surface area contributed by atoms with Gasteiger partial charge in [0.1, 0.15) is 11.3 Å². The van der Waals surface area contributed by atoms with Crippen LogP contribution in [0.3, 0.4) is 0 Å². The SMILES string of the molecule is Cc1c(C(c2cccc(N=O)c2)C2CCC2)[nH]n1C(=O)OC(C)(C)C. The summed E-state index contributed by atoms with van der Waals surface area (Å²) in [5, 5.41) is 6.22. The van der Waals surface area contributed by atoms with Crippen LogP contribution in [0.5, 0.6) is 0 Å². The molecule has 1 aliphatic rings. The Morgan fingerprint density at radius 1 is 1.36 bits per heavy atom. The number of hydrogen-bond donors (Lipinski definition) is 1. The average molecular weight is 343 g/mol. The largest absolute Gasteiger partial charge is 0.442 e. The third-order valence-electron chi connectivity index (χ3n) is 4.80. The van der Waals surface area contributed by atoms with Gasteiger partial charge in [0.15, 0.2) is 0 Å². The fourth-order valence-electron chi connectivity index (χ4n) is 3.36. The van der Waals surface area contributed by atoms with Crippen molar-refractivity contribution in [2.45, 2.75) is 58.5 Å². The van der Waals surface area contributed by atoms with Crippen LogP contribution in [-0.4, -0.2) is 21.5 Å². The minimum atomic E-state index is -0.536. The third kappa shape index (κ3) is 3.52. The van der Waals surface area contributed by atoms with E-state index < -0.39 is 11.7 Å². The van der Waals surface area contributed by atoms with Gasteiger partial charge in [-0.25, -0.2) is 4.79 Å². The first-order valence-corrected chi connectivity index (χ1v) is 8.74. The van der Waals surface area contributed by atoms with Gasteiger partial charge in [0.2, 0.25) is 0 Å². The third-order valence-corrected chi connectivity index (χ3v) is 4.80. The first-order chi connectivity index (χ1) is 11.8. The van der Waals surface area contributed by atoms with Gasteiger partial charge in [0.25, 0.3) is 0 Å². The number of aromatic nitrogens is 2. The lowest BCUT2D eigenvalue weighted by Gasteiger charge is -2.37. The zero-order valence-electron chi connectivity index (χ0n) is 15.2. The molecule has 134 valence electrons. The minimum Gasteiger partial charge on any atom is -0.442 e. The molecule has 1 unspecified atom stereocenters. The quantitative estimate of drug-likeness (QED) is 0.771. The highest BCUT2D eigenvalue weighted by Crippen LogP contribution is 2.44. The Balaban J connectivity index is 1.89. The number of rotatable bonds is 4. The van der Waals surface area contributed by atoms with Crippen LogP contribution in [0.1, 0.15) is 62.9 Å². The molecule has 1 atom stereocenters. The molecule has 1 aromatic heterocycles. The maximum Gasteiger partial charge on any atom is 0.433 e. The number of benzene rings is 1. The van der Waals surface area contributed by atoms with Gasteiger partial charge in [0, 0.05) is 5.92 Å². The Bertz CT molecular complexity index is 778. The Kier molecular flexibility index (Phi) is 4.54. The number of aromatic amines is 1. The number of hydrogen-bond acceptors (Lipinski definition) is 4. The van der Waals surface area contributed by atoms with E-state index in [9.17, 15) is 9.70 Å². The highest BCUT2D eigenvalue weighted by Gasteiger charge is 2.35. The van der Waals surface area contributed by atoms with Crippen LogP contribution in [0, 0.1) is 17.7 Å². The van der Waals surface area contributed by atoms with Gasteiger partial charge < -0.3 is 4.74 Å². The summed E-state index contributed by atoms with van der Waals surface area (Å²) in [7, 11) is 0. The lowest BCUT2D eigenvalue weighted by Crippen LogP contribution is -2.35. The van der Waals surface area contributed by atoms with E-state index in [1.165, 1.54) is 11.1 Å². The van der Waals surface area contributed by atoms with Crippen molar-refractivity contribution >= 4 is 11.8 Å². The lowest BCUT2D eigenvalue weighted by atomic mass is 9.71. The zero-order valence-corrected chi connectivity index (χ0v) is 15.2. The Labute approximate surface area is 147 Å². The van der Waals surface area contributed by atoms with Crippen molar-refractivity contribution in [3.8, 4) is 0 Å². The van der Waals surface area contributed by atoms with Crippen molar-refractivity contribution < 1.29 is 9.53 Å². The number of H-pyrrole nitrogens is 1. The fraction of sp³-hybridized carbons (Fsp3) is 0.526. The molecule has 1 heterocycles. The first-order valence-electron chi connectivity index (χ1n) is 8.74. The summed E-state index contributed by atoms with van der Waals surface area (Å²) >= 11 is 0. The Morgan fingerprint density at radius 2 is 2.08 bits per heavy atom. The van der Waals surface area contributed by atoms with Gasteiger partial charge in [-0.15, -0.1) is 4.91 Å². The van der Waals surface area contributed by atoms with Gasteiger partial charge in [-0.05, 0) is 69.3 Å². The summed E-state index contributed by atoms with van der Waals surface area (Å²) in [4.78, 5) is 23.1. The van der Waals surface area contributed by atoms with E-state index >= 15 is 0 Å². The Morgan fingerprint density at radius 3 is 2.60 bits per heavy atom. The van der Waals surface area contributed by atoms with E-state index in [4.69, 9.17) is 4.74 Å². The molecule has 0 radical (unpaired) electrons. The monoisotopic (exact) mass is 343 g/mol. The van der Waals surface area contributed by atoms with Crippen molar-refractivity contribution in [3.05, 3.63) is 46.1 Å². The summed E-state index contributed by atoms with van der Waals surface area (Å²) in [5.41, 5.74) is 2.86. The summed E-state index contributed by atoms with van der Waals surface area (Å²) in [6.45, 7) is 7.46. The minimum absolute atomic E-state index is 0.147. The van der Waals surface area contributed by atoms with Crippen molar-refractivity contribution in [1.82, 2.24) is 9.78 Å². The molecule has 0 saturated heterocycles. The lowest BCUT2D eigenvalue weighted by molar-refractivity contribution is 0.0492. The molecule has 1 fully saturated rings. The normalized spacial score (nSPS) is 16.3. The summed E-state index contributed by atoms with van der Waals surface area (Å²) in [5.74, 6) is 0.661. The van der Waals surface area contributed by atoms with E-state index in [0.717, 1.165) is 29.8 Å². The van der Waals surface area contributed by atoms with Crippen LogP contribution >= 0.6 is 0 Å². The molecule has 0 amide bonds. The van der Waals surface area contributed by atoms with Crippen LogP contribution < -0.4 is 0 Å². The number of carbonyl (C=O) groups excluding carboxylic acids is 1. The summed E-state index contributed by atoms with van der Waals surface area (Å²) in [6, 6.07) is 7.43. The Hall–Kier alpha value is -2.37.